The van der Waals surface area contributed by atoms with Gasteiger partial charge in [0.1, 0.15) is 6.61 Å². The normalized spacial score (nSPS) is 32.9. The molecule has 7 nitrogen and oxygen atoms in total. The molecule has 2 heterocycles. The van der Waals surface area contributed by atoms with Crippen molar-refractivity contribution in [2.45, 2.75) is 25.8 Å². The molecule has 3 rings (SSSR count). The minimum Gasteiger partial charge on any atom is -0.379 e. The Labute approximate surface area is 150 Å². The number of methoxy groups -OCH3 is 1. The smallest absolute Gasteiger partial charge is 0.245 e. The van der Waals surface area contributed by atoms with Crippen LogP contribution >= 0.6 is 0 Å². The lowest BCUT2D eigenvalue weighted by Crippen LogP contribution is -2.44. The first kappa shape index (κ1) is 18.6. The third-order valence-electron chi connectivity index (χ3n) is 6.09. The van der Waals surface area contributed by atoms with Crippen molar-refractivity contribution in [2.75, 3.05) is 59.7 Å². The molecule has 0 aromatic rings. The first-order valence-electron chi connectivity index (χ1n) is 9.45. The van der Waals surface area contributed by atoms with Crippen molar-refractivity contribution in [1.82, 2.24) is 15.1 Å². The summed E-state index contributed by atoms with van der Waals surface area (Å²) < 4.78 is 10.3. The number of hydrogen-bond acceptors (Lipinski definition) is 5. The van der Waals surface area contributed by atoms with Gasteiger partial charge in [-0.15, -0.1) is 0 Å². The zero-order chi connectivity index (χ0) is 17.8. The van der Waals surface area contributed by atoms with Crippen molar-refractivity contribution >= 4 is 11.8 Å². The highest BCUT2D eigenvalue weighted by Crippen LogP contribution is 2.45. The van der Waals surface area contributed by atoms with Crippen LogP contribution in [0.2, 0.25) is 0 Å². The van der Waals surface area contributed by atoms with Crippen LogP contribution in [0.4, 0.5) is 0 Å². The Morgan fingerprint density at radius 1 is 1.32 bits per heavy atom. The number of carbonyl (C=O) groups is 2. The van der Waals surface area contributed by atoms with Crippen molar-refractivity contribution < 1.29 is 19.1 Å². The van der Waals surface area contributed by atoms with E-state index < -0.39 is 0 Å². The van der Waals surface area contributed by atoms with Crippen molar-refractivity contribution in [1.29, 1.82) is 0 Å². The van der Waals surface area contributed by atoms with Gasteiger partial charge in [-0.05, 0) is 24.2 Å². The number of ether oxygens (including phenoxy) is 2. The quantitative estimate of drug-likeness (QED) is 0.695. The summed E-state index contributed by atoms with van der Waals surface area (Å²) in [6.45, 7) is 8.24. The molecular weight excluding hydrogens is 322 g/mol. The summed E-state index contributed by atoms with van der Waals surface area (Å²) in [4.78, 5) is 28.7. The molecule has 3 aliphatic rings. The third-order valence-corrected chi connectivity index (χ3v) is 6.09. The van der Waals surface area contributed by atoms with Crippen LogP contribution in [0.15, 0.2) is 0 Å². The average molecular weight is 353 g/mol. The summed E-state index contributed by atoms with van der Waals surface area (Å²) in [7, 11) is 1.52. The zero-order valence-corrected chi connectivity index (χ0v) is 15.4. The third kappa shape index (κ3) is 4.33. The van der Waals surface area contributed by atoms with Crippen LogP contribution in [-0.2, 0) is 19.1 Å². The molecule has 1 N–H and O–H groups in total. The largest absolute Gasteiger partial charge is 0.379 e. The standard InChI is InChI=1S/C18H31N3O4/c1-13-9-16-14(15(13)11-19-17(22)12-24-2)10-18(23)21(16)4-3-20-5-7-25-8-6-20/h13-16H,3-12H2,1-2H3,(H,19,22)/t13-,14-,15+,16+/m0/s1. The molecule has 142 valence electrons. The van der Waals surface area contributed by atoms with Gasteiger partial charge in [-0.2, -0.15) is 0 Å². The van der Waals surface area contributed by atoms with E-state index in [1.807, 2.05) is 0 Å². The highest BCUT2D eigenvalue weighted by atomic mass is 16.5. The summed E-state index contributed by atoms with van der Waals surface area (Å²) in [5.41, 5.74) is 0. The van der Waals surface area contributed by atoms with Crippen molar-refractivity contribution in [2.24, 2.45) is 17.8 Å². The minimum absolute atomic E-state index is 0.0772. The van der Waals surface area contributed by atoms with Crippen LogP contribution in [0.5, 0.6) is 0 Å². The lowest BCUT2D eigenvalue weighted by Gasteiger charge is -2.31. The number of likely N-dealkylation sites (tertiary alicyclic amines) is 1. The second-order valence-electron chi connectivity index (χ2n) is 7.59. The van der Waals surface area contributed by atoms with Gasteiger partial charge in [0.05, 0.1) is 13.2 Å². The molecule has 4 atom stereocenters. The summed E-state index contributed by atoms with van der Waals surface area (Å²) in [5, 5.41) is 2.97. The fourth-order valence-corrected chi connectivity index (χ4v) is 4.72. The molecule has 2 saturated heterocycles. The van der Waals surface area contributed by atoms with Gasteiger partial charge in [0.25, 0.3) is 0 Å². The molecule has 0 unspecified atom stereocenters. The molecule has 0 aromatic heterocycles. The summed E-state index contributed by atoms with van der Waals surface area (Å²) in [5.74, 6) is 1.48. The number of rotatable bonds is 7. The van der Waals surface area contributed by atoms with Crippen LogP contribution in [0, 0.1) is 17.8 Å². The second kappa shape index (κ2) is 8.47. The highest BCUT2D eigenvalue weighted by Gasteiger charge is 2.50. The molecule has 0 spiro atoms. The number of amides is 2. The Kier molecular flexibility index (Phi) is 6.30. The fraction of sp³-hybridized carbons (Fsp3) is 0.889. The van der Waals surface area contributed by atoms with E-state index >= 15 is 0 Å². The van der Waals surface area contributed by atoms with Crippen LogP contribution in [0.25, 0.3) is 0 Å². The molecule has 1 saturated carbocycles. The molecule has 7 heteroatoms. The van der Waals surface area contributed by atoms with Crippen molar-refractivity contribution in [3.05, 3.63) is 0 Å². The van der Waals surface area contributed by atoms with E-state index in [0.29, 0.717) is 36.8 Å². The Morgan fingerprint density at radius 2 is 2.08 bits per heavy atom. The summed E-state index contributed by atoms with van der Waals surface area (Å²) >= 11 is 0. The van der Waals surface area contributed by atoms with Crippen molar-refractivity contribution in [3.8, 4) is 0 Å². The van der Waals surface area contributed by atoms with E-state index in [1.165, 1.54) is 7.11 Å². The van der Waals surface area contributed by atoms with Crippen LogP contribution < -0.4 is 5.32 Å². The molecule has 2 aliphatic heterocycles. The zero-order valence-electron chi connectivity index (χ0n) is 15.4. The average Bonchev–Trinajstić information content (AvgIpc) is 3.06. The topological polar surface area (TPSA) is 71.1 Å². The Morgan fingerprint density at radius 3 is 2.80 bits per heavy atom. The molecule has 2 amide bonds. The van der Waals surface area contributed by atoms with Crippen LogP contribution in [0.3, 0.4) is 0 Å². The lowest BCUT2D eigenvalue weighted by molar-refractivity contribution is -0.129. The number of carbonyl (C=O) groups excluding carboxylic acids is 2. The fourth-order valence-electron chi connectivity index (χ4n) is 4.72. The van der Waals surface area contributed by atoms with Gasteiger partial charge in [0.15, 0.2) is 0 Å². The van der Waals surface area contributed by atoms with Crippen LogP contribution in [-0.4, -0.2) is 87.3 Å². The first-order valence-corrected chi connectivity index (χ1v) is 9.45. The summed E-state index contributed by atoms with van der Waals surface area (Å²) in [6, 6.07) is 0.341. The van der Waals surface area contributed by atoms with E-state index in [4.69, 9.17) is 9.47 Å². The minimum atomic E-state index is -0.0772. The van der Waals surface area contributed by atoms with E-state index in [-0.39, 0.29) is 18.4 Å². The number of fused-ring (bicyclic) bond motifs is 1. The second-order valence-corrected chi connectivity index (χ2v) is 7.59. The molecular formula is C18H31N3O4. The molecule has 25 heavy (non-hydrogen) atoms. The van der Waals surface area contributed by atoms with E-state index in [2.05, 4.69) is 22.0 Å². The van der Waals surface area contributed by atoms with Gasteiger partial charge in [-0.25, -0.2) is 0 Å². The van der Waals surface area contributed by atoms with Crippen LogP contribution in [0.1, 0.15) is 19.8 Å². The number of hydrogen-bond donors (Lipinski definition) is 1. The maximum absolute atomic E-state index is 12.5. The molecule has 0 radical (unpaired) electrons. The summed E-state index contributed by atoms with van der Waals surface area (Å²) in [6.07, 6.45) is 1.67. The monoisotopic (exact) mass is 353 g/mol. The van der Waals surface area contributed by atoms with Gasteiger partial charge >= 0.3 is 0 Å². The van der Waals surface area contributed by atoms with Crippen molar-refractivity contribution in [3.63, 3.8) is 0 Å². The molecule has 0 bridgehead atoms. The van der Waals surface area contributed by atoms with Gasteiger partial charge in [0.2, 0.25) is 11.8 Å². The molecule has 3 fully saturated rings. The first-order chi connectivity index (χ1) is 12.1. The van der Waals surface area contributed by atoms with E-state index in [0.717, 1.165) is 45.8 Å². The van der Waals surface area contributed by atoms with E-state index in [9.17, 15) is 9.59 Å². The highest BCUT2D eigenvalue weighted by molar-refractivity contribution is 5.80. The van der Waals surface area contributed by atoms with Gasteiger partial charge in [-0.3, -0.25) is 14.5 Å². The lowest BCUT2D eigenvalue weighted by atomic mass is 9.88. The SMILES string of the molecule is COCC(=O)NC[C@H]1[C@@H]2CC(=O)N(CCN3CCOCC3)[C@@H]2C[C@@H]1C. The predicted molar refractivity (Wildman–Crippen MR) is 93.0 cm³/mol. The Hall–Kier alpha value is -1.18. The predicted octanol–water partition coefficient (Wildman–Crippen LogP) is -0.0457. The van der Waals surface area contributed by atoms with E-state index in [1.54, 1.807) is 0 Å². The number of morpholine rings is 1. The Bertz CT molecular complexity index is 481. The van der Waals surface area contributed by atoms with Gasteiger partial charge < -0.3 is 19.7 Å². The molecule has 1 aliphatic carbocycles. The Balaban J connectivity index is 1.52. The maximum Gasteiger partial charge on any atom is 0.245 e. The number of nitrogens with zero attached hydrogens (tertiary/aromatic N) is 2. The van der Waals surface area contributed by atoms with Gasteiger partial charge in [0, 0.05) is 52.3 Å². The molecule has 0 aromatic carbocycles. The maximum atomic E-state index is 12.5. The van der Waals surface area contributed by atoms with Gasteiger partial charge in [-0.1, -0.05) is 6.92 Å². The number of nitrogens with one attached hydrogen (secondary N) is 1.